The van der Waals surface area contributed by atoms with Gasteiger partial charge in [0.25, 0.3) is 0 Å². The lowest BCUT2D eigenvalue weighted by Gasteiger charge is -2.13. The summed E-state index contributed by atoms with van der Waals surface area (Å²) in [5, 5.41) is 18.3. The van der Waals surface area contributed by atoms with E-state index in [0.29, 0.717) is 23.7 Å². The number of benzene rings is 1. The van der Waals surface area contributed by atoms with Crippen molar-refractivity contribution in [1.82, 2.24) is 0 Å². The van der Waals surface area contributed by atoms with Crippen LogP contribution in [0.4, 0.5) is 0 Å². The summed E-state index contributed by atoms with van der Waals surface area (Å²) < 4.78 is 10.4. The molecule has 5 heteroatoms. The lowest BCUT2D eigenvalue weighted by molar-refractivity contribution is -0.139. The van der Waals surface area contributed by atoms with Crippen molar-refractivity contribution in [1.29, 1.82) is 0 Å². The highest BCUT2D eigenvalue weighted by Gasteiger charge is 2.14. The fraction of sp³-hybridized carbons (Fsp3) is 0.417. The third-order valence-corrected chi connectivity index (χ3v) is 2.24. The molecule has 0 saturated heterocycles. The first-order valence-corrected chi connectivity index (χ1v) is 5.29. The van der Waals surface area contributed by atoms with Crippen LogP contribution >= 0.6 is 0 Å². The van der Waals surface area contributed by atoms with Crippen LogP contribution in [0, 0.1) is 0 Å². The normalized spacial score (nSPS) is 11.9. The predicted molar refractivity (Wildman–Crippen MR) is 61.4 cm³/mol. The monoisotopic (exact) mass is 240 g/mol. The van der Waals surface area contributed by atoms with Gasteiger partial charge in [-0.25, -0.2) is 0 Å². The number of hydrogen-bond acceptors (Lipinski definition) is 4. The first kappa shape index (κ1) is 13.3. The molecule has 0 aliphatic carbocycles. The molecule has 1 atom stereocenters. The Balaban J connectivity index is 2.94. The van der Waals surface area contributed by atoms with Gasteiger partial charge in [0, 0.05) is 0 Å². The van der Waals surface area contributed by atoms with Crippen molar-refractivity contribution >= 4 is 5.97 Å². The summed E-state index contributed by atoms with van der Waals surface area (Å²) in [6, 6.07) is 4.86. The van der Waals surface area contributed by atoms with Crippen molar-refractivity contribution in [2.24, 2.45) is 0 Å². The summed E-state index contributed by atoms with van der Waals surface area (Å²) in [5.41, 5.74) is 0.497. The van der Waals surface area contributed by atoms with E-state index in [9.17, 15) is 9.90 Å². The summed E-state index contributed by atoms with van der Waals surface area (Å²) in [6.07, 6.45) is -1.38. The van der Waals surface area contributed by atoms with Gasteiger partial charge < -0.3 is 19.7 Å². The molecule has 2 N–H and O–H groups in total. The Bertz CT molecular complexity index is 388. The second kappa shape index (κ2) is 6.10. The fourth-order valence-electron chi connectivity index (χ4n) is 1.45. The van der Waals surface area contributed by atoms with Crippen LogP contribution in [0.1, 0.15) is 25.0 Å². The number of carboxylic acids is 1. The topological polar surface area (TPSA) is 76.0 Å². The second-order valence-electron chi connectivity index (χ2n) is 3.46. The number of rotatable bonds is 6. The number of ether oxygens (including phenoxy) is 2. The molecular weight excluding hydrogens is 224 g/mol. The summed E-state index contributed by atoms with van der Waals surface area (Å²) in [4.78, 5) is 10.5. The zero-order chi connectivity index (χ0) is 12.8. The number of aliphatic hydroxyl groups excluding tert-OH is 1. The van der Waals surface area contributed by atoms with Gasteiger partial charge in [0.1, 0.15) is 0 Å². The number of hydrogen-bond donors (Lipinski definition) is 2. The van der Waals surface area contributed by atoms with Gasteiger partial charge in [-0.15, -0.1) is 0 Å². The number of aliphatic hydroxyl groups is 1. The van der Waals surface area contributed by atoms with E-state index < -0.39 is 12.1 Å². The molecule has 0 aliphatic heterocycles. The summed E-state index contributed by atoms with van der Waals surface area (Å²) in [7, 11) is 1.52. The van der Waals surface area contributed by atoms with Crippen LogP contribution in [0.25, 0.3) is 0 Å². The Kier molecular flexibility index (Phi) is 4.78. The summed E-state index contributed by atoms with van der Waals surface area (Å²) >= 11 is 0. The number of methoxy groups -OCH3 is 1. The molecule has 94 valence electrons. The molecule has 0 bridgehead atoms. The van der Waals surface area contributed by atoms with Crippen molar-refractivity contribution in [3.05, 3.63) is 23.8 Å². The third-order valence-electron chi connectivity index (χ3n) is 2.24. The van der Waals surface area contributed by atoms with Crippen LogP contribution in [-0.4, -0.2) is 29.9 Å². The van der Waals surface area contributed by atoms with E-state index in [2.05, 4.69) is 0 Å². The average molecular weight is 240 g/mol. The molecule has 0 fully saturated rings. The van der Waals surface area contributed by atoms with Crippen molar-refractivity contribution in [2.45, 2.75) is 19.4 Å². The molecule has 0 saturated carbocycles. The number of carboxylic acid groups (broad SMARTS) is 1. The SMILES string of the molecule is CCOc1cc([C@@H](O)CC(=O)O)ccc1OC. The predicted octanol–water partition coefficient (Wildman–Crippen LogP) is 1.60. The Morgan fingerprint density at radius 1 is 1.41 bits per heavy atom. The van der Waals surface area contributed by atoms with Crippen LogP contribution in [0.15, 0.2) is 18.2 Å². The van der Waals surface area contributed by atoms with Gasteiger partial charge in [0.15, 0.2) is 11.5 Å². The smallest absolute Gasteiger partial charge is 0.306 e. The highest BCUT2D eigenvalue weighted by atomic mass is 16.5. The van der Waals surface area contributed by atoms with Crippen LogP contribution in [0.5, 0.6) is 11.5 Å². The number of aliphatic carboxylic acids is 1. The highest BCUT2D eigenvalue weighted by molar-refractivity contribution is 5.67. The zero-order valence-corrected chi connectivity index (χ0v) is 9.84. The molecule has 0 aliphatic rings. The van der Waals surface area contributed by atoms with Gasteiger partial charge in [0.05, 0.1) is 26.2 Å². The molecule has 0 amide bonds. The van der Waals surface area contributed by atoms with E-state index >= 15 is 0 Å². The first-order valence-electron chi connectivity index (χ1n) is 5.29. The maximum atomic E-state index is 10.5. The molecule has 5 nitrogen and oxygen atoms in total. The Morgan fingerprint density at radius 3 is 2.65 bits per heavy atom. The molecule has 1 aromatic rings. The van der Waals surface area contributed by atoms with Crippen molar-refractivity contribution < 1.29 is 24.5 Å². The molecule has 17 heavy (non-hydrogen) atoms. The van der Waals surface area contributed by atoms with Crippen LogP contribution < -0.4 is 9.47 Å². The molecule has 0 heterocycles. The Hall–Kier alpha value is -1.75. The maximum absolute atomic E-state index is 10.5. The van der Waals surface area contributed by atoms with Crippen molar-refractivity contribution in [3.8, 4) is 11.5 Å². The second-order valence-corrected chi connectivity index (χ2v) is 3.46. The van der Waals surface area contributed by atoms with Gasteiger partial charge in [-0.05, 0) is 24.6 Å². The number of carbonyl (C=O) groups is 1. The average Bonchev–Trinajstić information content (AvgIpc) is 2.28. The summed E-state index contributed by atoms with van der Waals surface area (Å²) in [6.45, 7) is 2.30. The van der Waals surface area contributed by atoms with Gasteiger partial charge in [-0.2, -0.15) is 0 Å². The molecule has 0 unspecified atom stereocenters. The van der Waals surface area contributed by atoms with E-state index in [4.69, 9.17) is 14.6 Å². The summed E-state index contributed by atoms with van der Waals surface area (Å²) in [5.74, 6) is 0.00124. The fourth-order valence-corrected chi connectivity index (χ4v) is 1.45. The van der Waals surface area contributed by atoms with E-state index in [-0.39, 0.29) is 6.42 Å². The lowest BCUT2D eigenvalue weighted by atomic mass is 10.1. The Morgan fingerprint density at radius 2 is 2.12 bits per heavy atom. The minimum Gasteiger partial charge on any atom is -0.493 e. The molecule has 1 aromatic carbocycles. The minimum atomic E-state index is -1.05. The standard InChI is InChI=1S/C12H16O5/c1-3-17-11-6-8(4-5-10(11)16-2)9(13)7-12(14)15/h4-6,9,13H,3,7H2,1-2H3,(H,14,15)/t9-/m0/s1. The van der Waals surface area contributed by atoms with Crippen LogP contribution in [-0.2, 0) is 4.79 Å². The van der Waals surface area contributed by atoms with Crippen LogP contribution in [0.3, 0.4) is 0 Å². The maximum Gasteiger partial charge on any atom is 0.306 e. The lowest BCUT2D eigenvalue weighted by Crippen LogP contribution is -2.06. The van der Waals surface area contributed by atoms with E-state index in [1.807, 2.05) is 6.92 Å². The van der Waals surface area contributed by atoms with Gasteiger partial charge in [0.2, 0.25) is 0 Å². The molecular formula is C12H16O5. The van der Waals surface area contributed by atoms with Crippen molar-refractivity contribution in [3.63, 3.8) is 0 Å². The van der Waals surface area contributed by atoms with E-state index in [1.165, 1.54) is 7.11 Å². The largest absolute Gasteiger partial charge is 0.493 e. The molecule has 0 spiro atoms. The Labute approximate surface area is 99.6 Å². The molecule has 0 radical (unpaired) electrons. The van der Waals surface area contributed by atoms with Gasteiger partial charge in [-0.1, -0.05) is 6.07 Å². The first-order chi connectivity index (χ1) is 8.08. The van der Waals surface area contributed by atoms with E-state index in [1.54, 1.807) is 18.2 Å². The van der Waals surface area contributed by atoms with Crippen molar-refractivity contribution in [2.75, 3.05) is 13.7 Å². The third kappa shape index (κ3) is 3.64. The van der Waals surface area contributed by atoms with Gasteiger partial charge in [-0.3, -0.25) is 4.79 Å². The zero-order valence-electron chi connectivity index (χ0n) is 9.84. The highest BCUT2D eigenvalue weighted by Crippen LogP contribution is 2.31. The quantitative estimate of drug-likeness (QED) is 0.789. The van der Waals surface area contributed by atoms with Gasteiger partial charge >= 0.3 is 5.97 Å². The van der Waals surface area contributed by atoms with Crippen LogP contribution in [0.2, 0.25) is 0 Å². The minimum absolute atomic E-state index is 0.335. The molecule has 1 rings (SSSR count). The van der Waals surface area contributed by atoms with E-state index in [0.717, 1.165) is 0 Å². The molecule has 0 aromatic heterocycles.